The molecule has 1 aliphatic carbocycles. The molecule has 2 rings (SSSR count). The molecule has 1 fully saturated rings. The maximum absolute atomic E-state index is 12.5. The molecule has 110 valence electrons. The molecule has 1 aliphatic rings. The highest BCUT2D eigenvalue weighted by Gasteiger charge is 2.26. The quantitative estimate of drug-likeness (QED) is 0.922. The lowest BCUT2D eigenvalue weighted by atomic mass is 9.80. The molecule has 1 amide bonds. The van der Waals surface area contributed by atoms with Crippen LogP contribution in [0.1, 0.15) is 61.8 Å². The standard InChI is InChI=1S/C16H25N3O/c1-5-15-14(9-12(4)18-19-15)16(20)17-13-7-10(2)6-11(3)8-13/h9-11,13H,5-8H2,1-4H3,(H,17,20). The van der Waals surface area contributed by atoms with E-state index in [0.29, 0.717) is 23.4 Å². The molecule has 0 spiro atoms. The van der Waals surface area contributed by atoms with Crippen LogP contribution >= 0.6 is 0 Å². The molecule has 2 unspecified atom stereocenters. The van der Waals surface area contributed by atoms with Gasteiger partial charge in [0.15, 0.2) is 0 Å². The van der Waals surface area contributed by atoms with Crippen LogP contribution in [0.15, 0.2) is 6.07 Å². The number of amides is 1. The van der Waals surface area contributed by atoms with Gasteiger partial charge < -0.3 is 5.32 Å². The normalized spacial score (nSPS) is 26.3. The molecular formula is C16H25N3O. The molecule has 1 aromatic heterocycles. The van der Waals surface area contributed by atoms with Crippen molar-refractivity contribution >= 4 is 5.91 Å². The lowest BCUT2D eigenvalue weighted by Gasteiger charge is -2.32. The first kappa shape index (κ1) is 14.9. The van der Waals surface area contributed by atoms with Crippen molar-refractivity contribution in [2.75, 3.05) is 0 Å². The Bertz CT molecular complexity index is 477. The first-order chi connectivity index (χ1) is 9.49. The number of aryl methyl sites for hydroxylation is 2. The summed E-state index contributed by atoms with van der Waals surface area (Å²) in [4.78, 5) is 12.5. The maximum Gasteiger partial charge on any atom is 0.253 e. The van der Waals surface area contributed by atoms with Gasteiger partial charge in [0.2, 0.25) is 0 Å². The topological polar surface area (TPSA) is 54.9 Å². The van der Waals surface area contributed by atoms with Crippen LogP contribution in [0.25, 0.3) is 0 Å². The first-order valence-electron chi connectivity index (χ1n) is 7.63. The van der Waals surface area contributed by atoms with E-state index >= 15 is 0 Å². The number of carbonyl (C=O) groups is 1. The zero-order valence-corrected chi connectivity index (χ0v) is 12.9. The Morgan fingerprint density at radius 2 is 1.90 bits per heavy atom. The first-order valence-corrected chi connectivity index (χ1v) is 7.63. The van der Waals surface area contributed by atoms with Crippen LogP contribution in [-0.2, 0) is 6.42 Å². The number of carbonyl (C=O) groups excluding carboxylic acids is 1. The second-order valence-corrected chi connectivity index (χ2v) is 6.29. The summed E-state index contributed by atoms with van der Waals surface area (Å²) in [5, 5.41) is 11.4. The van der Waals surface area contributed by atoms with Crippen molar-refractivity contribution in [3.05, 3.63) is 23.0 Å². The van der Waals surface area contributed by atoms with Gasteiger partial charge in [-0.15, -0.1) is 0 Å². The Labute approximate surface area is 121 Å². The zero-order valence-electron chi connectivity index (χ0n) is 12.9. The second-order valence-electron chi connectivity index (χ2n) is 6.29. The van der Waals surface area contributed by atoms with E-state index in [9.17, 15) is 4.79 Å². The van der Waals surface area contributed by atoms with Crippen LogP contribution in [-0.4, -0.2) is 22.1 Å². The minimum atomic E-state index is 0.00569. The highest BCUT2D eigenvalue weighted by Crippen LogP contribution is 2.28. The average molecular weight is 275 g/mol. The van der Waals surface area contributed by atoms with Gasteiger partial charge in [-0.05, 0) is 50.5 Å². The smallest absolute Gasteiger partial charge is 0.253 e. The molecular weight excluding hydrogens is 250 g/mol. The predicted octanol–water partition coefficient (Wildman–Crippen LogP) is 2.90. The van der Waals surface area contributed by atoms with Crippen molar-refractivity contribution in [1.29, 1.82) is 0 Å². The van der Waals surface area contributed by atoms with Crippen LogP contribution < -0.4 is 5.32 Å². The van der Waals surface area contributed by atoms with E-state index < -0.39 is 0 Å². The van der Waals surface area contributed by atoms with Gasteiger partial charge in [-0.3, -0.25) is 4.79 Å². The molecule has 0 bridgehead atoms. The Kier molecular flexibility index (Phi) is 4.73. The van der Waals surface area contributed by atoms with E-state index in [1.807, 2.05) is 19.9 Å². The van der Waals surface area contributed by atoms with Crippen LogP contribution in [0.2, 0.25) is 0 Å². The third kappa shape index (κ3) is 3.56. The number of aromatic nitrogens is 2. The SMILES string of the molecule is CCc1nnc(C)cc1C(=O)NC1CC(C)CC(C)C1. The van der Waals surface area contributed by atoms with E-state index in [0.717, 1.165) is 30.7 Å². The van der Waals surface area contributed by atoms with Crippen LogP contribution in [0.3, 0.4) is 0 Å². The molecule has 20 heavy (non-hydrogen) atoms. The fraction of sp³-hybridized carbons (Fsp3) is 0.688. The van der Waals surface area contributed by atoms with E-state index in [1.54, 1.807) is 0 Å². The van der Waals surface area contributed by atoms with Crippen molar-refractivity contribution < 1.29 is 4.79 Å². The van der Waals surface area contributed by atoms with Crippen molar-refractivity contribution in [3.8, 4) is 0 Å². The predicted molar refractivity (Wildman–Crippen MR) is 79.6 cm³/mol. The second kappa shape index (κ2) is 6.33. The van der Waals surface area contributed by atoms with Crippen molar-refractivity contribution in [1.82, 2.24) is 15.5 Å². The summed E-state index contributed by atoms with van der Waals surface area (Å²) in [6.45, 7) is 8.41. The molecule has 1 saturated carbocycles. The Hall–Kier alpha value is -1.45. The summed E-state index contributed by atoms with van der Waals surface area (Å²) in [7, 11) is 0. The van der Waals surface area contributed by atoms with E-state index in [-0.39, 0.29) is 5.91 Å². The van der Waals surface area contributed by atoms with Gasteiger partial charge in [0.1, 0.15) is 0 Å². The molecule has 2 atom stereocenters. The summed E-state index contributed by atoms with van der Waals surface area (Å²) < 4.78 is 0. The number of hydrogen-bond acceptors (Lipinski definition) is 3. The van der Waals surface area contributed by atoms with E-state index in [4.69, 9.17) is 0 Å². The van der Waals surface area contributed by atoms with Gasteiger partial charge in [0.25, 0.3) is 5.91 Å². The molecule has 1 aromatic rings. The molecule has 1 heterocycles. The Balaban J connectivity index is 2.10. The minimum absolute atomic E-state index is 0.00569. The van der Waals surface area contributed by atoms with Crippen LogP contribution in [0.5, 0.6) is 0 Å². The third-order valence-electron chi connectivity index (χ3n) is 4.09. The summed E-state index contributed by atoms with van der Waals surface area (Å²) in [6.07, 6.45) is 4.15. The fourth-order valence-electron chi connectivity index (χ4n) is 3.30. The fourth-order valence-corrected chi connectivity index (χ4v) is 3.30. The van der Waals surface area contributed by atoms with Gasteiger partial charge in [-0.1, -0.05) is 20.8 Å². The highest BCUT2D eigenvalue weighted by atomic mass is 16.1. The minimum Gasteiger partial charge on any atom is -0.349 e. The summed E-state index contributed by atoms with van der Waals surface area (Å²) in [6, 6.07) is 2.14. The summed E-state index contributed by atoms with van der Waals surface area (Å²) in [5.41, 5.74) is 2.26. The molecule has 0 aromatic carbocycles. The van der Waals surface area contributed by atoms with Gasteiger partial charge in [-0.2, -0.15) is 10.2 Å². The van der Waals surface area contributed by atoms with Gasteiger partial charge in [0, 0.05) is 6.04 Å². The average Bonchev–Trinajstić information content (AvgIpc) is 2.37. The summed E-state index contributed by atoms with van der Waals surface area (Å²) in [5.74, 6) is 1.38. The molecule has 0 aliphatic heterocycles. The maximum atomic E-state index is 12.5. The largest absolute Gasteiger partial charge is 0.349 e. The third-order valence-corrected chi connectivity index (χ3v) is 4.09. The molecule has 4 heteroatoms. The zero-order chi connectivity index (χ0) is 14.7. The lowest BCUT2D eigenvalue weighted by molar-refractivity contribution is 0.0909. The molecule has 4 nitrogen and oxygen atoms in total. The number of nitrogens with one attached hydrogen (secondary N) is 1. The van der Waals surface area contributed by atoms with Gasteiger partial charge in [-0.25, -0.2) is 0 Å². The lowest BCUT2D eigenvalue weighted by Crippen LogP contribution is -2.40. The monoisotopic (exact) mass is 275 g/mol. The van der Waals surface area contributed by atoms with Crippen molar-refractivity contribution in [2.24, 2.45) is 11.8 Å². The molecule has 0 radical (unpaired) electrons. The molecule has 0 saturated heterocycles. The Morgan fingerprint density at radius 1 is 1.25 bits per heavy atom. The number of hydrogen-bond donors (Lipinski definition) is 1. The van der Waals surface area contributed by atoms with Crippen LogP contribution in [0, 0.1) is 18.8 Å². The van der Waals surface area contributed by atoms with E-state index in [2.05, 4.69) is 29.4 Å². The van der Waals surface area contributed by atoms with Crippen molar-refractivity contribution in [3.63, 3.8) is 0 Å². The van der Waals surface area contributed by atoms with E-state index in [1.165, 1.54) is 6.42 Å². The highest BCUT2D eigenvalue weighted by molar-refractivity contribution is 5.95. The number of rotatable bonds is 3. The van der Waals surface area contributed by atoms with Crippen LogP contribution in [0.4, 0.5) is 0 Å². The van der Waals surface area contributed by atoms with Gasteiger partial charge in [0.05, 0.1) is 17.0 Å². The Morgan fingerprint density at radius 3 is 2.50 bits per heavy atom. The number of nitrogens with zero attached hydrogens (tertiary/aromatic N) is 2. The molecule has 1 N–H and O–H groups in total. The van der Waals surface area contributed by atoms with Crippen molar-refractivity contribution in [2.45, 2.75) is 59.4 Å². The summed E-state index contributed by atoms with van der Waals surface area (Å²) >= 11 is 0. The van der Waals surface area contributed by atoms with Gasteiger partial charge >= 0.3 is 0 Å².